The summed E-state index contributed by atoms with van der Waals surface area (Å²) in [6.45, 7) is 0.950. The Balaban J connectivity index is 1.46. The number of hydrogen-bond acceptors (Lipinski definition) is 5. The van der Waals surface area contributed by atoms with Gasteiger partial charge in [0.2, 0.25) is 5.91 Å². The van der Waals surface area contributed by atoms with Crippen LogP contribution in [0.2, 0.25) is 0 Å². The Morgan fingerprint density at radius 3 is 2.39 bits per heavy atom. The van der Waals surface area contributed by atoms with Crippen molar-refractivity contribution in [3.05, 3.63) is 59.7 Å². The highest BCUT2D eigenvalue weighted by molar-refractivity contribution is 5.98. The summed E-state index contributed by atoms with van der Waals surface area (Å²) in [7, 11) is 1.58. The number of benzene rings is 2. The second-order valence-corrected chi connectivity index (χ2v) is 8.12. The molecule has 0 aliphatic heterocycles. The lowest BCUT2D eigenvalue weighted by Gasteiger charge is -2.22. The van der Waals surface area contributed by atoms with E-state index in [0.29, 0.717) is 30.0 Å². The van der Waals surface area contributed by atoms with Crippen molar-refractivity contribution in [2.45, 2.75) is 38.1 Å². The third-order valence-electron chi connectivity index (χ3n) is 5.54. The smallest absolute Gasteiger partial charge is 0.251 e. The quantitative estimate of drug-likeness (QED) is 0.414. The van der Waals surface area contributed by atoms with Gasteiger partial charge in [-0.15, -0.1) is 0 Å². The van der Waals surface area contributed by atoms with Crippen LogP contribution in [0.1, 0.15) is 52.8 Å². The van der Waals surface area contributed by atoms with Crippen molar-refractivity contribution >= 4 is 29.1 Å². The Hall–Kier alpha value is -3.39. The molecule has 33 heavy (non-hydrogen) atoms. The summed E-state index contributed by atoms with van der Waals surface area (Å²) in [6.07, 6.45) is 5.58. The third kappa shape index (κ3) is 7.91. The van der Waals surface area contributed by atoms with E-state index in [1.54, 1.807) is 55.6 Å². The summed E-state index contributed by atoms with van der Waals surface area (Å²) >= 11 is 0. The van der Waals surface area contributed by atoms with E-state index in [-0.39, 0.29) is 30.3 Å². The van der Waals surface area contributed by atoms with Crippen LogP contribution in [-0.2, 0) is 9.53 Å². The molecule has 0 heterocycles. The third-order valence-corrected chi connectivity index (χ3v) is 5.54. The summed E-state index contributed by atoms with van der Waals surface area (Å²) in [5, 5.41) is 11.7. The number of carbonyl (C=O) groups is 3. The van der Waals surface area contributed by atoms with Crippen LogP contribution >= 0.6 is 0 Å². The maximum Gasteiger partial charge on any atom is 0.251 e. The Bertz CT molecular complexity index is 940. The van der Waals surface area contributed by atoms with E-state index in [4.69, 9.17) is 4.74 Å². The Morgan fingerprint density at radius 2 is 1.67 bits per heavy atom. The summed E-state index contributed by atoms with van der Waals surface area (Å²) in [6, 6.07) is 14.1. The van der Waals surface area contributed by atoms with E-state index in [1.807, 2.05) is 0 Å². The summed E-state index contributed by atoms with van der Waals surface area (Å²) in [5.74, 6) is -0.521. The summed E-state index contributed by atoms with van der Waals surface area (Å²) < 4.78 is 4.91. The van der Waals surface area contributed by atoms with Crippen LogP contribution in [0.25, 0.3) is 0 Å². The molecule has 4 N–H and O–H groups in total. The second kappa shape index (κ2) is 12.6. The van der Waals surface area contributed by atoms with Gasteiger partial charge in [-0.1, -0.05) is 25.3 Å². The van der Waals surface area contributed by atoms with Gasteiger partial charge in [0.15, 0.2) is 0 Å². The average molecular weight is 453 g/mol. The van der Waals surface area contributed by atoms with Crippen LogP contribution in [0.4, 0.5) is 11.4 Å². The number of carbonyl (C=O) groups excluding carboxylic acids is 3. The number of anilines is 2. The highest BCUT2D eigenvalue weighted by Crippen LogP contribution is 2.18. The minimum absolute atomic E-state index is 0.0535. The number of methoxy groups -OCH3 is 1. The van der Waals surface area contributed by atoms with Gasteiger partial charge in [0.25, 0.3) is 11.8 Å². The number of amides is 3. The van der Waals surface area contributed by atoms with Crippen molar-refractivity contribution in [2.24, 2.45) is 0 Å². The van der Waals surface area contributed by atoms with Crippen molar-refractivity contribution in [2.75, 3.05) is 37.4 Å². The molecular formula is C25H32N4O4. The Morgan fingerprint density at radius 1 is 0.909 bits per heavy atom. The van der Waals surface area contributed by atoms with Gasteiger partial charge in [-0.25, -0.2) is 0 Å². The minimum atomic E-state index is -0.235. The molecule has 0 radical (unpaired) electrons. The Labute approximate surface area is 194 Å². The predicted octanol–water partition coefficient (Wildman–Crippen LogP) is 3.18. The van der Waals surface area contributed by atoms with Gasteiger partial charge >= 0.3 is 0 Å². The van der Waals surface area contributed by atoms with E-state index < -0.39 is 0 Å². The monoisotopic (exact) mass is 452 g/mol. The first-order chi connectivity index (χ1) is 16.0. The predicted molar refractivity (Wildman–Crippen MR) is 129 cm³/mol. The van der Waals surface area contributed by atoms with Gasteiger partial charge in [0, 0.05) is 42.2 Å². The van der Waals surface area contributed by atoms with Crippen molar-refractivity contribution in [1.29, 1.82) is 0 Å². The Kier molecular flexibility index (Phi) is 9.26. The van der Waals surface area contributed by atoms with Gasteiger partial charge in [-0.3, -0.25) is 14.4 Å². The number of rotatable bonds is 10. The van der Waals surface area contributed by atoms with Crippen LogP contribution in [0.3, 0.4) is 0 Å². The molecule has 0 atom stereocenters. The molecule has 0 unspecified atom stereocenters. The lowest BCUT2D eigenvalue weighted by atomic mass is 9.95. The zero-order chi connectivity index (χ0) is 23.5. The van der Waals surface area contributed by atoms with Crippen LogP contribution in [0.15, 0.2) is 48.5 Å². The molecule has 1 aliphatic rings. The van der Waals surface area contributed by atoms with Gasteiger partial charge in [-0.05, 0) is 55.3 Å². The van der Waals surface area contributed by atoms with Crippen molar-refractivity contribution in [1.82, 2.24) is 10.6 Å². The zero-order valence-electron chi connectivity index (χ0n) is 19.0. The molecule has 0 bridgehead atoms. The van der Waals surface area contributed by atoms with E-state index in [9.17, 15) is 14.4 Å². The standard InChI is InChI=1S/C25H32N4O4/c1-33-15-14-26-24(31)18-10-12-20(13-11-18)27-17-23(30)28-22-9-5-6-19(16-22)25(32)29-21-7-3-2-4-8-21/h5-6,9-13,16,21,27H,2-4,7-8,14-15,17H2,1H3,(H,26,31)(H,28,30)(H,29,32). The molecular weight excluding hydrogens is 420 g/mol. The van der Waals surface area contributed by atoms with Crippen LogP contribution < -0.4 is 21.3 Å². The fourth-order valence-corrected chi connectivity index (χ4v) is 3.75. The molecule has 3 rings (SSSR count). The molecule has 0 spiro atoms. The molecule has 2 aromatic rings. The lowest BCUT2D eigenvalue weighted by molar-refractivity contribution is -0.114. The first-order valence-corrected chi connectivity index (χ1v) is 11.4. The van der Waals surface area contributed by atoms with E-state index >= 15 is 0 Å². The molecule has 2 aromatic carbocycles. The lowest BCUT2D eigenvalue weighted by Crippen LogP contribution is -2.36. The van der Waals surface area contributed by atoms with E-state index in [1.165, 1.54) is 6.42 Å². The van der Waals surface area contributed by atoms with Gasteiger partial charge in [0.1, 0.15) is 0 Å². The van der Waals surface area contributed by atoms with Crippen LogP contribution in [0.5, 0.6) is 0 Å². The van der Waals surface area contributed by atoms with Gasteiger partial charge in [0.05, 0.1) is 13.2 Å². The highest BCUT2D eigenvalue weighted by atomic mass is 16.5. The molecule has 176 valence electrons. The summed E-state index contributed by atoms with van der Waals surface area (Å²) in [4.78, 5) is 36.9. The van der Waals surface area contributed by atoms with Crippen LogP contribution in [0, 0.1) is 0 Å². The maximum absolute atomic E-state index is 12.5. The van der Waals surface area contributed by atoms with E-state index in [0.717, 1.165) is 31.4 Å². The highest BCUT2D eigenvalue weighted by Gasteiger charge is 2.17. The molecule has 3 amide bonds. The van der Waals surface area contributed by atoms with Crippen molar-refractivity contribution in [3.8, 4) is 0 Å². The average Bonchev–Trinajstić information content (AvgIpc) is 2.84. The van der Waals surface area contributed by atoms with Gasteiger partial charge < -0.3 is 26.0 Å². The first kappa shape index (κ1) is 24.3. The molecule has 1 aliphatic carbocycles. The SMILES string of the molecule is COCCNC(=O)c1ccc(NCC(=O)Nc2cccc(C(=O)NC3CCCCC3)c2)cc1. The molecule has 1 saturated carbocycles. The topological polar surface area (TPSA) is 109 Å². The molecule has 0 saturated heterocycles. The maximum atomic E-state index is 12.5. The van der Waals surface area contributed by atoms with E-state index in [2.05, 4.69) is 21.3 Å². The number of ether oxygens (including phenoxy) is 1. The minimum Gasteiger partial charge on any atom is -0.383 e. The second-order valence-electron chi connectivity index (χ2n) is 8.12. The van der Waals surface area contributed by atoms with Crippen molar-refractivity contribution in [3.63, 3.8) is 0 Å². The molecule has 8 nitrogen and oxygen atoms in total. The fourth-order valence-electron chi connectivity index (χ4n) is 3.75. The van der Waals surface area contributed by atoms with Crippen molar-refractivity contribution < 1.29 is 19.1 Å². The fraction of sp³-hybridized carbons (Fsp3) is 0.400. The number of hydrogen-bond donors (Lipinski definition) is 4. The number of nitrogens with one attached hydrogen (secondary N) is 4. The molecule has 0 aromatic heterocycles. The van der Waals surface area contributed by atoms with Gasteiger partial charge in [-0.2, -0.15) is 0 Å². The first-order valence-electron chi connectivity index (χ1n) is 11.4. The molecule has 1 fully saturated rings. The largest absolute Gasteiger partial charge is 0.383 e. The molecule has 8 heteroatoms. The zero-order valence-corrected chi connectivity index (χ0v) is 19.0. The summed E-state index contributed by atoms with van der Waals surface area (Å²) in [5.41, 5.74) is 2.36. The normalized spacial score (nSPS) is 13.7. The van der Waals surface area contributed by atoms with Crippen LogP contribution in [-0.4, -0.2) is 50.6 Å².